The summed E-state index contributed by atoms with van der Waals surface area (Å²) in [4.78, 5) is 1.58. The zero-order valence-corrected chi connectivity index (χ0v) is 13.6. The average molecular weight is 329 g/mol. The summed E-state index contributed by atoms with van der Waals surface area (Å²) in [6, 6.07) is 5.45. The van der Waals surface area contributed by atoms with Crippen LogP contribution in [0.5, 0.6) is 5.75 Å². The molecule has 23 heavy (non-hydrogen) atoms. The fourth-order valence-electron chi connectivity index (χ4n) is 4.34. The van der Waals surface area contributed by atoms with Crippen molar-refractivity contribution in [3.05, 3.63) is 24.3 Å². The Labute approximate surface area is 134 Å². The van der Waals surface area contributed by atoms with Gasteiger partial charge in [-0.2, -0.15) is 13.2 Å². The fourth-order valence-corrected chi connectivity index (χ4v) is 4.34. The van der Waals surface area contributed by atoms with E-state index >= 15 is 0 Å². The first-order valence-electron chi connectivity index (χ1n) is 7.83. The van der Waals surface area contributed by atoms with Crippen LogP contribution in [-0.2, 0) is 4.74 Å². The molecule has 0 unspecified atom stereocenters. The fraction of sp³-hybridized carbons (Fsp3) is 0.647. The van der Waals surface area contributed by atoms with Crippen molar-refractivity contribution < 1.29 is 22.6 Å². The van der Waals surface area contributed by atoms with Gasteiger partial charge in [-0.15, -0.1) is 0 Å². The summed E-state index contributed by atoms with van der Waals surface area (Å²) in [6.45, 7) is 2.54. The van der Waals surface area contributed by atoms with Crippen LogP contribution in [0.3, 0.4) is 0 Å². The third kappa shape index (κ3) is 2.57. The zero-order chi connectivity index (χ0) is 16.8. The Bertz CT molecular complexity index is 560. The lowest BCUT2D eigenvalue weighted by molar-refractivity contribution is -0.149. The van der Waals surface area contributed by atoms with Crippen molar-refractivity contribution in [2.24, 2.45) is 11.8 Å². The molecular weight excluding hydrogens is 307 g/mol. The minimum absolute atomic E-state index is 0.0753. The van der Waals surface area contributed by atoms with Crippen LogP contribution < -0.4 is 9.64 Å². The molecule has 6 heteroatoms. The Morgan fingerprint density at radius 2 is 1.87 bits per heavy atom. The van der Waals surface area contributed by atoms with E-state index in [4.69, 9.17) is 9.47 Å². The lowest BCUT2D eigenvalue weighted by Gasteiger charge is -2.37. The predicted molar refractivity (Wildman–Crippen MR) is 81.8 cm³/mol. The van der Waals surface area contributed by atoms with Crippen LogP contribution in [0.25, 0.3) is 0 Å². The van der Waals surface area contributed by atoms with Crippen molar-refractivity contribution in [3.63, 3.8) is 0 Å². The third-order valence-electron chi connectivity index (χ3n) is 5.55. The molecule has 3 nitrogen and oxygen atoms in total. The molecule has 4 atom stereocenters. The highest BCUT2D eigenvalue weighted by molar-refractivity contribution is 5.58. The Balaban J connectivity index is 1.90. The molecule has 1 heterocycles. The van der Waals surface area contributed by atoms with Crippen LogP contribution in [0, 0.1) is 11.8 Å². The largest absolute Gasteiger partial charge is 0.497 e. The Kier molecular flexibility index (Phi) is 3.99. The molecule has 0 radical (unpaired) electrons. The van der Waals surface area contributed by atoms with Crippen LogP contribution in [0.15, 0.2) is 24.3 Å². The van der Waals surface area contributed by atoms with Gasteiger partial charge in [-0.1, -0.05) is 0 Å². The average Bonchev–Trinajstić information content (AvgIpc) is 2.92. The Morgan fingerprint density at radius 1 is 1.22 bits per heavy atom. The molecule has 1 saturated carbocycles. The van der Waals surface area contributed by atoms with Crippen molar-refractivity contribution in [3.8, 4) is 5.75 Å². The number of hydrogen-bond donors (Lipinski definition) is 0. The number of piperidine rings is 1. The molecule has 1 aliphatic heterocycles. The Hall–Kier alpha value is -1.43. The zero-order valence-electron chi connectivity index (χ0n) is 13.6. The van der Waals surface area contributed by atoms with E-state index in [1.807, 2.05) is 6.92 Å². The van der Waals surface area contributed by atoms with Gasteiger partial charge in [0.2, 0.25) is 0 Å². The molecule has 3 rings (SSSR count). The number of nitrogens with zero attached hydrogens (tertiary/aromatic N) is 1. The second-order valence-electron chi connectivity index (χ2n) is 6.58. The van der Waals surface area contributed by atoms with E-state index in [1.54, 1.807) is 43.4 Å². The topological polar surface area (TPSA) is 21.7 Å². The summed E-state index contributed by atoms with van der Waals surface area (Å²) < 4.78 is 50.7. The molecular formula is C17H22F3NO2. The molecule has 1 aromatic carbocycles. The summed E-state index contributed by atoms with van der Waals surface area (Å²) in [7, 11) is 3.17. The lowest BCUT2D eigenvalue weighted by atomic mass is 10.0. The maximum Gasteiger partial charge on any atom is 0.408 e. The van der Waals surface area contributed by atoms with Crippen LogP contribution in [-0.4, -0.2) is 38.6 Å². The highest BCUT2D eigenvalue weighted by Gasteiger charge is 2.73. The van der Waals surface area contributed by atoms with Gasteiger partial charge in [-0.25, -0.2) is 0 Å². The van der Waals surface area contributed by atoms with Crippen LogP contribution in [0.1, 0.15) is 19.8 Å². The molecule has 0 aromatic heterocycles. The smallest absolute Gasteiger partial charge is 0.408 e. The van der Waals surface area contributed by atoms with Crippen LogP contribution >= 0.6 is 0 Å². The number of benzene rings is 1. The summed E-state index contributed by atoms with van der Waals surface area (Å²) in [6.07, 6.45) is -3.25. The molecule has 0 spiro atoms. The summed E-state index contributed by atoms with van der Waals surface area (Å²) in [5, 5.41) is 0. The van der Waals surface area contributed by atoms with Gasteiger partial charge in [0.05, 0.1) is 7.11 Å². The maximum atomic E-state index is 13.5. The molecule has 0 amide bonds. The maximum absolute atomic E-state index is 13.5. The van der Waals surface area contributed by atoms with Crippen molar-refractivity contribution in [2.75, 3.05) is 25.7 Å². The second-order valence-corrected chi connectivity index (χ2v) is 6.58. The number of ether oxygens (including phenoxy) is 2. The number of anilines is 1. The quantitative estimate of drug-likeness (QED) is 0.818. The normalized spacial score (nSPS) is 32.8. The van der Waals surface area contributed by atoms with Crippen LogP contribution in [0.2, 0.25) is 0 Å². The number of halogens is 3. The van der Waals surface area contributed by atoms with Gasteiger partial charge in [0, 0.05) is 24.9 Å². The molecule has 1 aliphatic carbocycles. The molecule has 128 valence electrons. The van der Waals surface area contributed by atoms with E-state index in [1.165, 1.54) is 0 Å². The van der Waals surface area contributed by atoms with Gasteiger partial charge in [0.1, 0.15) is 11.8 Å². The number of hydrogen-bond acceptors (Lipinski definition) is 3. The molecule has 1 saturated heterocycles. The third-order valence-corrected chi connectivity index (χ3v) is 5.55. The van der Waals surface area contributed by atoms with E-state index in [-0.39, 0.29) is 18.3 Å². The number of alkyl halides is 3. The lowest BCUT2D eigenvalue weighted by Crippen LogP contribution is -2.49. The molecule has 2 fully saturated rings. The van der Waals surface area contributed by atoms with E-state index < -0.39 is 17.8 Å². The van der Waals surface area contributed by atoms with Crippen molar-refractivity contribution >= 4 is 5.69 Å². The Morgan fingerprint density at radius 3 is 2.39 bits per heavy atom. The van der Waals surface area contributed by atoms with Crippen molar-refractivity contribution in [1.82, 2.24) is 0 Å². The molecule has 1 aromatic rings. The predicted octanol–water partition coefficient (Wildman–Crippen LogP) is 3.88. The van der Waals surface area contributed by atoms with Crippen molar-refractivity contribution in [1.29, 1.82) is 0 Å². The van der Waals surface area contributed by atoms with E-state index in [0.29, 0.717) is 18.0 Å². The number of methoxy groups -OCH3 is 2. The minimum atomic E-state index is -4.22. The SMILES string of the molecule is COCC[C@@H]1[C@@H]2C[C@H](C(F)(F)F)N(c3ccc(OC)cc3)[C@]12C. The van der Waals surface area contributed by atoms with E-state index in [9.17, 15) is 13.2 Å². The second kappa shape index (κ2) is 5.58. The first-order valence-corrected chi connectivity index (χ1v) is 7.83. The van der Waals surface area contributed by atoms with E-state index in [0.717, 1.165) is 6.42 Å². The standard InChI is InChI=1S/C17H22F3NO2/c1-16-13(8-9-22-2)14(16)10-15(17(18,19)20)21(16)11-4-6-12(23-3)7-5-11/h4-7,13-15H,8-10H2,1-3H3/t13-,14+,15-,16-/m1/s1. The number of rotatable bonds is 5. The molecule has 0 bridgehead atoms. The summed E-state index contributed by atoms with van der Waals surface area (Å²) in [5.74, 6) is 0.972. The molecule has 0 N–H and O–H groups in total. The van der Waals surface area contributed by atoms with Crippen LogP contribution in [0.4, 0.5) is 18.9 Å². The first-order chi connectivity index (χ1) is 10.8. The van der Waals surface area contributed by atoms with Gasteiger partial charge >= 0.3 is 6.18 Å². The minimum Gasteiger partial charge on any atom is -0.497 e. The molecule has 2 aliphatic rings. The van der Waals surface area contributed by atoms with E-state index in [2.05, 4.69) is 0 Å². The number of fused-ring (bicyclic) bond motifs is 1. The van der Waals surface area contributed by atoms with Gasteiger partial charge in [-0.05, 0) is 55.9 Å². The monoisotopic (exact) mass is 329 g/mol. The van der Waals surface area contributed by atoms with Gasteiger partial charge in [0.15, 0.2) is 0 Å². The van der Waals surface area contributed by atoms with Gasteiger partial charge in [-0.3, -0.25) is 0 Å². The highest BCUT2D eigenvalue weighted by atomic mass is 19.4. The van der Waals surface area contributed by atoms with Crippen molar-refractivity contribution in [2.45, 2.75) is 37.5 Å². The first kappa shape index (κ1) is 16.4. The van der Waals surface area contributed by atoms with Gasteiger partial charge < -0.3 is 14.4 Å². The summed E-state index contributed by atoms with van der Waals surface area (Å²) >= 11 is 0. The summed E-state index contributed by atoms with van der Waals surface area (Å²) in [5.41, 5.74) is 0.172. The van der Waals surface area contributed by atoms with Gasteiger partial charge in [0.25, 0.3) is 0 Å². The highest BCUT2D eigenvalue weighted by Crippen LogP contribution is 2.66.